The van der Waals surface area contributed by atoms with Gasteiger partial charge in [0.05, 0.1) is 6.04 Å². The van der Waals surface area contributed by atoms with Crippen LogP contribution in [0.2, 0.25) is 0 Å². The standard InChI is InChI=1S/C15H19NO4/c1-19-10-15(18)20-9-14(17)16-13-8-4-6-11-5-2-3-7-12(11)13/h2-3,5,7,13H,4,6,8-10H2,1H3,(H,16,17)/t13-/m0/s1. The molecule has 1 N–H and O–H groups in total. The monoisotopic (exact) mass is 277 g/mol. The summed E-state index contributed by atoms with van der Waals surface area (Å²) in [6.45, 7) is -0.402. The Balaban J connectivity index is 1.88. The Morgan fingerprint density at radius 1 is 1.30 bits per heavy atom. The third-order valence-electron chi connectivity index (χ3n) is 3.33. The summed E-state index contributed by atoms with van der Waals surface area (Å²) in [6.07, 6.45) is 3.01. The second-order valence-corrected chi connectivity index (χ2v) is 4.80. The van der Waals surface area contributed by atoms with Gasteiger partial charge < -0.3 is 14.8 Å². The van der Waals surface area contributed by atoms with Gasteiger partial charge in [-0.15, -0.1) is 0 Å². The molecule has 0 fully saturated rings. The number of aryl methyl sites for hydroxylation is 1. The van der Waals surface area contributed by atoms with Crippen molar-refractivity contribution in [1.82, 2.24) is 5.32 Å². The smallest absolute Gasteiger partial charge is 0.332 e. The molecular weight excluding hydrogens is 258 g/mol. The van der Waals surface area contributed by atoms with E-state index in [0.29, 0.717) is 0 Å². The summed E-state index contributed by atoms with van der Waals surface area (Å²) >= 11 is 0. The average molecular weight is 277 g/mol. The molecule has 1 atom stereocenters. The van der Waals surface area contributed by atoms with Gasteiger partial charge in [0, 0.05) is 7.11 Å². The number of amides is 1. The van der Waals surface area contributed by atoms with Crippen LogP contribution >= 0.6 is 0 Å². The molecule has 0 unspecified atom stereocenters. The quantitative estimate of drug-likeness (QED) is 0.826. The number of carbonyl (C=O) groups excluding carboxylic acids is 2. The fourth-order valence-electron chi connectivity index (χ4n) is 2.45. The zero-order valence-electron chi connectivity index (χ0n) is 11.6. The van der Waals surface area contributed by atoms with Crippen LogP contribution in [-0.2, 0) is 25.5 Å². The molecule has 0 saturated heterocycles. The Kier molecular flexibility index (Phi) is 5.12. The minimum absolute atomic E-state index is 0.00794. The van der Waals surface area contributed by atoms with Crippen molar-refractivity contribution in [3.05, 3.63) is 35.4 Å². The maximum absolute atomic E-state index is 11.8. The maximum atomic E-state index is 11.8. The van der Waals surface area contributed by atoms with E-state index in [9.17, 15) is 9.59 Å². The minimum atomic E-state index is -0.535. The molecule has 1 amide bonds. The first-order valence-corrected chi connectivity index (χ1v) is 6.72. The molecule has 1 aliphatic rings. The van der Waals surface area contributed by atoms with E-state index in [1.807, 2.05) is 18.2 Å². The highest BCUT2D eigenvalue weighted by molar-refractivity contribution is 5.81. The zero-order valence-corrected chi connectivity index (χ0v) is 11.6. The molecular formula is C15H19NO4. The van der Waals surface area contributed by atoms with Crippen molar-refractivity contribution in [2.24, 2.45) is 0 Å². The molecule has 5 nitrogen and oxygen atoms in total. The lowest BCUT2D eigenvalue weighted by atomic mass is 9.88. The average Bonchev–Trinajstić information content (AvgIpc) is 2.46. The first-order valence-electron chi connectivity index (χ1n) is 6.72. The van der Waals surface area contributed by atoms with Crippen molar-refractivity contribution < 1.29 is 19.1 Å². The van der Waals surface area contributed by atoms with E-state index in [2.05, 4.69) is 16.1 Å². The molecule has 108 valence electrons. The van der Waals surface area contributed by atoms with Gasteiger partial charge >= 0.3 is 5.97 Å². The third-order valence-corrected chi connectivity index (χ3v) is 3.33. The second-order valence-electron chi connectivity index (χ2n) is 4.80. The molecule has 1 aliphatic carbocycles. The number of hydrogen-bond donors (Lipinski definition) is 1. The Morgan fingerprint density at radius 3 is 2.90 bits per heavy atom. The van der Waals surface area contributed by atoms with Crippen molar-refractivity contribution in [3.8, 4) is 0 Å². The van der Waals surface area contributed by atoms with Gasteiger partial charge in [0.1, 0.15) is 6.61 Å². The first kappa shape index (κ1) is 14.5. The van der Waals surface area contributed by atoms with Crippen molar-refractivity contribution >= 4 is 11.9 Å². The van der Waals surface area contributed by atoms with Crippen LogP contribution < -0.4 is 5.32 Å². The zero-order chi connectivity index (χ0) is 14.4. The Hall–Kier alpha value is -1.88. The van der Waals surface area contributed by atoms with E-state index in [0.717, 1.165) is 24.8 Å². The first-order chi connectivity index (χ1) is 9.70. The van der Waals surface area contributed by atoms with Crippen LogP contribution in [0.4, 0.5) is 0 Å². The van der Waals surface area contributed by atoms with Gasteiger partial charge in [-0.2, -0.15) is 0 Å². The lowest BCUT2D eigenvalue weighted by molar-refractivity contribution is -0.152. The van der Waals surface area contributed by atoms with Gasteiger partial charge in [-0.25, -0.2) is 4.79 Å². The molecule has 5 heteroatoms. The number of ether oxygens (including phenoxy) is 2. The van der Waals surface area contributed by atoms with E-state index in [1.54, 1.807) is 0 Å². The topological polar surface area (TPSA) is 64.6 Å². The van der Waals surface area contributed by atoms with Gasteiger partial charge in [0.2, 0.25) is 0 Å². The molecule has 2 rings (SSSR count). The number of esters is 1. The number of rotatable bonds is 5. The summed E-state index contributed by atoms with van der Waals surface area (Å²) in [4.78, 5) is 22.9. The van der Waals surface area contributed by atoms with Gasteiger partial charge in [-0.3, -0.25) is 4.79 Å². The third kappa shape index (κ3) is 3.81. The lowest BCUT2D eigenvalue weighted by Gasteiger charge is -2.26. The molecule has 0 bridgehead atoms. The maximum Gasteiger partial charge on any atom is 0.332 e. The van der Waals surface area contributed by atoms with Gasteiger partial charge in [0.15, 0.2) is 6.61 Å². The summed E-state index contributed by atoms with van der Waals surface area (Å²) in [5.41, 5.74) is 2.44. The predicted molar refractivity (Wildman–Crippen MR) is 73.1 cm³/mol. The Labute approximate surface area is 118 Å². The SMILES string of the molecule is COCC(=O)OCC(=O)N[C@H]1CCCc2ccccc21. The predicted octanol–water partition coefficient (Wildman–Crippen LogP) is 1.37. The fourth-order valence-corrected chi connectivity index (χ4v) is 2.45. The van der Waals surface area contributed by atoms with Crippen molar-refractivity contribution in [1.29, 1.82) is 0 Å². The van der Waals surface area contributed by atoms with Crippen molar-refractivity contribution in [3.63, 3.8) is 0 Å². The van der Waals surface area contributed by atoms with Crippen LogP contribution in [0, 0.1) is 0 Å². The molecule has 1 aromatic rings. The summed E-state index contributed by atoms with van der Waals surface area (Å²) in [5, 5.41) is 2.92. The molecule has 20 heavy (non-hydrogen) atoms. The normalized spacial score (nSPS) is 17.1. The van der Waals surface area contributed by atoms with Crippen LogP contribution in [0.3, 0.4) is 0 Å². The summed E-state index contributed by atoms with van der Waals surface area (Å²) in [6, 6.07) is 8.12. The highest BCUT2D eigenvalue weighted by Crippen LogP contribution is 2.29. The van der Waals surface area contributed by atoms with Crippen LogP contribution in [0.5, 0.6) is 0 Å². The fraction of sp³-hybridized carbons (Fsp3) is 0.467. The summed E-state index contributed by atoms with van der Waals surface area (Å²) < 4.78 is 9.42. The molecule has 0 aromatic heterocycles. The number of fused-ring (bicyclic) bond motifs is 1. The molecule has 0 radical (unpaired) electrons. The highest BCUT2D eigenvalue weighted by Gasteiger charge is 2.21. The van der Waals surface area contributed by atoms with E-state index in [-0.39, 0.29) is 25.2 Å². The number of carbonyl (C=O) groups is 2. The van der Waals surface area contributed by atoms with Crippen molar-refractivity contribution in [2.75, 3.05) is 20.3 Å². The van der Waals surface area contributed by atoms with Crippen LogP contribution in [0.15, 0.2) is 24.3 Å². The molecule has 0 heterocycles. The molecule has 0 spiro atoms. The minimum Gasteiger partial charge on any atom is -0.454 e. The largest absolute Gasteiger partial charge is 0.454 e. The van der Waals surface area contributed by atoms with Crippen LogP contribution in [0.25, 0.3) is 0 Å². The van der Waals surface area contributed by atoms with Crippen molar-refractivity contribution in [2.45, 2.75) is 25.3 Å². The molecule has 0 saturated carbocycles. The van der Waals surface area contributed by atoms with Crippen LogP contribution in [-0.4, -0.2) is 32.2 Å². The number of hydrogen-bond acceptors (Lipinski definition) is 4. The number of benzene rings is 1. The van der Waals surface area contributed by atoms with Crippen LogP contribution in [0.1, 0.15) is 30.0 Å². The second kappa shape index (κ2) is 7.05. The number of nitrogens with one attached hydrogen (secondary N) is 1. The highest BCUT2D eigenvalue weighted by atomic mass is 16.6. The number of methoxy groups -OCH3 is 1. The van der Waals surface area contributed by atoms with Gasteiger partial charge in [-0.05, 0) is 30.4 Å². The van der Waals surface area contributed by atoms with Gasteiger partial charge in [0.25, 0.3) is 5.91 Å². The summed E-state index contributed by atoms with van der Waals surface area (Å²) in [7, 11) is 1.40. The van der Waals surface area contributed by atoms with E-state index in [4.69, 9.17) is 4.74 Å². The van der Waals surface area contributed by atoms with E-state index >= 15 is 0 Å². The molecule has 0 aliphatic heterocycles. The summed E-state index contributed by atoms with van der Waals surface area (Å²) in [5.74, 6) is -0.817. The van der Waals surface area contributed by atoms with E-state index in [1.165, 1.54) is 12.7 Å². The Bertz CT molecular complexity index is 487. The van der Waals surface area contributed by atoms with E-state index < -0.39 is 5.97 Å². The van der Waals surface area contributed by atoms with Gasteiger partial charge in [-0.1, -0.05) is 24.3 Å². The lowest BCUT2D eigenvalue weighted by Crippen LogP contribution is -2.34. The Morgan fingerprint density at radius 2 is 2.10 bits per heavy atom. The molecule has 1 aromatic carbocycles.